The van der Waals surface area contributed by atoms with E-state index in [4.69, 9.17) is 0 Å². The number of benzene rings is 2. The van der Waals surface area contributed by atoms with Gasteiger partial charge in [0.1, 0.15) is 6.04 Å². The Kier molecular flexibility index (Phi) is 4.98. The molecule has 0 aliphatic carbocycles. The predicted molar refractivity (Wildman–Crippen MR) is 89.1 cm³/mol. The second-order valence-corrected chi connectivity index (χ2v) is 7.74. The summed E-state index contributed by atoms with van der Waals surface area (Å²) in [6, 6.07) is 9.00. The Morgan fingerprint density at radius 1 is 1.00 bits per heavy atom. The molecule has 1 aliphatic rings. The second-order valence-electron chi connectivity index (χ2n) is 6.02. The van der Waals surface area contributed by atoms with Crippen LogP contribution in [-0.4, -0.2) is 37.2 Å². The normalized spacial score (nSPS) is 18.1. The molecule has 3 rings (SSSR count). The number of carbonyl (C=O) groups excluding carboxylic acids is 1. The smallest absolute Gasteiger partial charge is 0.286 e. The van der Waals surface area contributed by atoms with E-state index in [1.165, 1.54) is 36.4 Å². The lowest BCUT2D eigenvalue weighted by Gasteiger charge is -2.12. The van der Waals surface area contributed by atoms with Crippen molar-refractivity contribution in [1.82, 2.24) is 9.79 Å². The summed E-state index contributed by atoms with van der Waals surface area (Å²) in [5.74, 6) is -0.722. The van der Waals surface area contributed by atoms with Crippen molar-refractivity contribution in [2.75, 3.05) is 6.54 Å². The highest BCUT2D eigenvalue weighted by atomic mass is 32.2. The first-order valence-corrected chi connectivity index (χ1v) is 9.36. The predicted octanol–water partition coefficient (Wildman–Crippen LogP) is 2.64. The average Bonchev–Trinajstić information content (AvgIpc) is 2.93. The van der Waals surface area contributed by atoms with E-state index in [9.17, 15) is 31.6 Å². The second kappa shape index (κ2) is 6.95. The average molecular weight is 400 g/mol. The summed E-state index contributed by atoms with van der Waals surface area (Å²) < 4.78 is 64.8. The molecule has 0 bridgehead atoms. The van der Waals surface area contributed by atoms with Crippen molar-refractivity contribution in [2.45, 2.75) is 23.5 Å². The molecule has 1 amide bonds. The Balaban J connectivity index is 1.77. The summed E-state index contributed by atoms with van der Waals surface area (Å²) in [7, 11) is -3.98. The Morgan fingerprint density at radius 2 is 1.52 bits per heavy atom. The zero-order chi connectivity index (χ0) is 19.8. The molecule has 2 aromatic carbocycles. The topological polar surface area (TPSA) is 86.7 Å². The van der Waals surface area contributed by atoms with E-state index in [2.05, 4.69) is 4.72 Å². The largest absolute Gasteiger partial charge is 0.416 e. The van der Waals surface area contributed by atoms with Crippen molar-refractivity contribution in [1.29, 1.82) is 0 Å². The molecule has 0 saturated carbocycles. The summed E-state index contributed by atoms with van der Waals surface area (Å²) in [6.45, 7) is 0.0406. The fourth-order valence-electron chi connectivity index (χ4n) is 2.71. The Bertz CT molecular complexity index is 942. The Hall–Kier alpha value is -2.43. The maximum absolute atomic E-state index is 12.6. The number of hydroxylamine groups is 2. The number of nitrogens with one attached hydrogen (secondary N) is 1. The minimum Gasteiger partial charge on any atom is -0.286 e. The molecule has 2 N–H and O–H groups in total. The van der Waals surface area contributed by atoms with Gasteiger partial charge in [0.15, 0.2) is 0 Å². The summed E-state index contributed by atoms with van der Waals surface area (Å²) in [6.07, 6.45) is -4.28. The van der Waals surface area contributed by atoms with Crippen LogP contribution in [0.1, 0.15) is 12.0 Å². The number of alkyl halides is 3. The van der Waals surface area contributed by atoms with E-state index in [1.54, 1.807) is 0 Å². The molecular formula is C17H15F3N2O4S. The lowest BCUT2D eigenvalue weighted by atomic mass is 10.0. The van der Waals surface area contributed by atoms with Crippen molar-refractivity contribution in [3.8, 4) is 11.1 Å². The highest BCUT2D eigenvalue weighted by molar-refractivity contribution is 7.89. The number of amides is 1. The van der Waals surface area contributed by atoms with E-state index >= 15 is 0 Å². The van der Waals surface area contributed by atoms with E-state index in [0.29, 0.717) is 16.2 Å². The first kappa shape index (κ1) is 19.3. The number of sulfonamides is 1. The molecule has 0 radical (unpaired) electrons. The van der Waals surface area contributed by atoms with Gasteiger partial charge in [0.05, 0.1) is 17.0 Å². The van der Waals surface area contributed by atoms with Crippen molar-refractivity contribution >= 4 is 15.9 Å². The highest BCUT2D eigenvalue weighted by Gasteiger charge is 2.34. The standard InChI is InChI=1S/C17H15F3N2O4S/c18-17(19,20)13-5-1-11(2-6-13)12-3-7-14(8-4-12)27(25,26)21-15-9-10-22(24)16(15)23/h1-8,15,21,24H,9-10H2/t15-/m0/s1. The number of nitrogens with zero attached hydrogens (tertiary/aromatic N) is 1. The minimum absolute atomic E-state index is 0.0406. The fraction of sp³-hybridized carbons (Fsp3) is 0.235. The van der Waals surface area contributed by atoms with Crippen LogP contribution in [0.2, 0.25) is 0 Å². The van der Waals surface area contributed by atoms with Crippen LogP contribution in [-0.2, 0) is 21.0 Å². The number of halogens is 3. The van der Waals surface area contributed by atoms with Crippen LogP contribution >= 0.6 is 0 Å². The molecule has 0 unspecified atom stereocenters. The molecule has 27 heavy (non-hydrogen) atoms. The maximum Gasteiger partial charge on any atom is 0.416 e. The van der Waals surface area contributed by atoms with Gasteiger partial charge in [0.2, 0.25) is 10.0 Å². The number of rotatable bonds is 4. The van der Waals surface area contributed by atoms with Crippen molar-refractivity contribution in [2.24, 2.45) is 0 Å². The molecule has 6 nitrogen and oxygen atoms in total. The minimum atomic E-state index is -4.43. The third kappa shape index (κ3) is 4.12. The van der Waals surface area contributed by atoms with Crippen LogP contribution in [0, 0.1) is 0 Å². The summed E-state index contributed by atoms with van der Waals surface area (Å²) >= 11 is 0. The SMILES string of the molecule is O=C1[C@@H](NS(=O)(=O)c2ccc(-c3ccc(C(F)(F)F)cc3)cc2)CCN1O. The van der Waals surface area contributed by atoms with Gasteiger partial charge in [0, 0.05) is 0 Å². The van der Waals surface area contributed by atoms with Crippen molar-refractivity contribution in [3.05, 3.63) is 54.1 Å². The van der Waals surface area contributed by atoms with Gasteiger partial charge in [-0.2, -0.15) is 17.9 Å². The molecule has 0 aromatic heterocycles. The quantitative estimate of drug-likeness (QED) is 0.773. The molecule has 10 heteroatoms. The number of hydrogen-bond donors (Lipinski definition) is 2. The van der Waals surface area contributed by atoms with Crippen LogP contribution in [0.5, 0.6) is 0 Å². The van der Waals surface area contributed by atoms with Crippen LogP contribution in [0.4, 0.5) is 13.2 Å². The van der Waals surface area contributed by atoms with Crippen LogP contribution in [0.25, 0.3) is 11.1 Å². The van der Waals surface area contributed by atoms with Crippen LogP contribution in [0.3, 0.4) is 0 Å². The first-order valence-electron chi connectivity index (χ1n) is 7.88. The Labute approximate surface area is 153 Å². The monoisotopic (exact) mass is 400 g/mol. The molecule has 1 aliphatic heterocycles. The zero-order valence-corrected chi connectivity index (χ0v) is 14.6. The van der Waals surface area contributed by atoms with Crippen LogP contribution in [0.15, 0.2) is 53.4 Å². The summed E-state index contributed by atoms with van der Waals surface area (Å²) in [5.41, 5.74) is 0.275. The third-order valence-electron chi connectivity index (χ3n) is 4.19. The first-order chi connectivity index (χ1) is 12.6. The number of hydrogen-bond acceptors (Lipinski definition) is 4. The fourth-order valence-corrected chi connectivity index (χ4v) is 3.93. The maximum atomic E-state index is 12.6. The van der Waals surface area contributed by atoms with E-state index in [1.807, 2.05) is 0 Å². The van der Waals surface area contributed by atoms with E-state index < -0.39 is 33.7 Å². The molecule has 1 atom stereocenters. The van der Waals surface area contributed by atoms with Gasteiger partial charge in [-0.3, -0.25) is 10.0 Å². The number of carbonyl (C=O) groups is 1. The molecule has 1 fully saturated rings. The van der Waals surface area contributed by atoms with Gasteiger partial charge in [-0.25, -0.2) is 13.5 Å². The van der Waals surface area contributed by atoms with Gasteiger partial charge in [0.25, 0.3) is 5.91 Å². The molecule has 1 saturated heterocycles. The van der Waals surface area contributed by atoms with Gasteiger partial charge >= 0.3 is 6.18 Å². The van der Waals surface area contributed by atoms with Gasteiger partial charge in [-0.1, -0.05) is 24.3 Å². The molecular weight excluding hydrogens is 385 g/mol. The highest BCUT2D eigenvalue weighted by Crippen LogP contribution is 2.31. The molecule has 1 heterocycles. The molecule has 2 aromatic rings. The van der Waals surface area contributed by atoms with E-state index in [0.717, 1.165) is 12.1 Å². The van der Waals surface area contributed by atoms with Crippen LogP contribution < -0.4 is 4.72 Å². The van der Waals surface area contributed by atoms with Gasteiger partial charge in [-0.15, -0.1) is 0 Å². The lowest BCUT2D eigenvalue weighted by molar-refractivity contribution is -0.158. The third-order valence-corrected chi connectivity index (χ3v) is 5.68. The van der Waals surface area contributed by atoms with Crippen molar-refractivity contribution < 1.29 is 31.6 Å². The summed E-state index contributed by atoms with van der Waals surface area (Å²) in [5, 5.41) is 9.71. The summed E-state index contributed by atoms with van der Waals surface area (Å²) in [4.78, 5) is 11.5. The molecule has 0 spiro atoms. The van der Waals surface area contributed by atoms with E-state index in [-0.39, 0.29) is 17.9 Å². The zero-order valence-electron chi connectivity index (χ0n) is 13.8. The van der Waals surface area contributed by atoms with Gasteiger partial charge in [-0.05, 0) is 41.8 Å². The van der Waals surface area contributed by atoms with Gasteiger partial charge < -0.3 is 0 Å². The van der Waals surface area contributed by atoms with Crippen molar-refractivity contribution in [3.63, 3.8) is 0 Å². The lowest BCUT2D eigenvalue weighted by Crippen LogP contribution is -2.40. The molecule has 144 valence electrons. The Morgan fingerprint density at radius 3 is 1.96 bits per heavy atom.